The van der Waals surface area contributed by atoms with Gasteiger partial charge in [-0.05, 0) is 24.8 Å². The number of nitrogens with one attached hydrogen (secondary N) is 1. The van der Waals surface area contributed by atoms with Gasteiger partial charge in [0.25, 0.3) is 5.91 Å². The monoisotopic (exact) mass is 477 g/mol. The Bertz CT molecular complexity index is 1060. The van der Waals surface area contributed by atoms with Crippen molar-refractivity contribution in [3.05, 3.63) is 65.7 Å². The third kappa shape index (κ3) is 6.78. The Hall–Kier alpha value is -3.48. The Morgan fingerprint density at radius 3 is 2.46 bits per heavy atom. The van der Waals surface area contributed by atoms with Gasteiger partial charge < -0.3 is 15.0 Å². The van der Waals surface area contributed by atoms with Crippen LogP contribution in [0.5, 0.6) is 0 Å². The average molecular weight is 478 g/mol. The zero-order valence-corrected chi connectivity index (χ0v) is 21.0. The first-order valence-corrected chi connectivity index (χ1v) is 12.3. The topological polar surface area (TPSA) is 88.1 Å². The van der Waals surface area contributed by atoms with Gasteiger partial charge in [-0.1, -0.05) is 75.7 Å². The summed E-state index contributed by atoms with van der Waals surface area (Å²) in [5.74, 6) is -1.53. The van der Waals surface area contributed by atoms with E-state index in [4.69, 9.17) is 9.73 Å². The molecule has 7 nitrogen and oxygen atoms in total. The summed E-state index contributed by atoms with van der Waals surface area (Å²) in [6.07, 6.45) is 1.07. The number of carbonyl (C=O) groups excluding carboxylic acids is 3. The molecule has 0 saturated carbocycles. The molecule has 3 rings (SSSR count). The van der Waals surface area contributed by atoms with E-state index >= 15 is 0 Å². The predicted octanol–water partition coefficient (Wildman–Crippen LogP) is 4.34. The minimum Gasteiger partial charge on any atom is -0.466 e. The van der Waals surface area contributed by atoms with Crippen LogP contribution in [0.2, 0.25) is 0 Å². The number of ether oxygens (including phenoxy) is 1. The molecule has 0 spiro atoms. The summed E-state index contributed by atoms with van der Waals surface area (Å²) in [6.45, 7) is 6.36. The minimum absolute atomic E-state index is 0.0278. The van der Waals surface area contributed by atoms with Gasteiger partial charge in [0, 0.05) is 24.1 Å². The van der Waals surface area contributed by atoms with Crippen LogP contribution in [0.3, 0.4) is 0 Å². The Labute approximate surface area is 207 Å². The number of hydrogen-bond donors (Lipinski definition) is 1. The number of nitrogens with zero attached hydrogens (tertiary/aromatic N) is 2. The van der Waals surface area contributed by atoms with E-state index in [-0.39, 0.29) is 24.2 Å². The van der Waals surface area contributed by atoms with E-state index in [1.165, 1.54) is 4.90 Å². The molecule has 7 heteroatoms. The third-order valence-corrected chi connectivity index (χ3v) is 5.97. The molecule has 0 bridgehead atoms. The van der Waals surface area contributed by atoms with E-state index in [9.17, 15) is 14.4 Å². The number of rotatable bonds is 10. The van der Waals surface area contributed by atoms with E-state index in [1.807, 2.05) is 75.4 Å². The summed E-state index contributed by atoms with van der Waals surface area (Å²) < 4.78 is 5.29. The molecule has 2 unspecified atom stereocenters. The normalized spacial score (nSPS) is 16.3. The van der Waals surface area contributed by atoms with Gasteiger partial charge in [-0.15, -0.1) is 0 Å². The van der Waals surface area contributed by atoms with Crippen molar-refractivity contribution >= 4 is 29.2 Å². The molecule has 2 atom stereocenters. The van der Waals surface area contributed by atoms with Crippen molar-refractivity contribution in [1.29, 1.82) is 0 Å². The van der Waals surface area contributed by atoms with E-state index < -0.39 is 18.1 Å². The Kier molecular flexibility index (Phi) is 9.18. The molecule has 0 saturated heterocycles. The van der Waals surface area contributed by atoms with Gasteiger partial charge in [0.15, 0.2) is 0 Å². The Morgan fingerprint density at radius 2 is 1.77 bits per heavy atom. The highest BCUT2D eigenvalue weighted by molar-refractivity contribution is 6.20. The van der Waals surface area contributed by atoms with Crippen LogP contribution in [-0.2, 0) is 19.1 Å². The van der Waals surface area contributed by atoms with Gasteiger partial charge in [0.1, 0.15) is 0 Å². The maximum atomic E-state index is 13.4. The number of hydrogen-bond acceptors (Lipinski definition) is 5. The molecule has 2 aromatic rings. The number of unbranched alkanes of at least 4 members (excludes halogenated alkanes) is 1. The number of para-hydroxylation sites is 1. The van der Waals surface area contributed by atoms with Crippen molar-refractivity contribution in [1.82, 2.24) is 5.32 Å². The summed E-state index contributed by atoms with van der Waals surface area (Å²) in [7, 11) is 1.68. The summed E-state index contributed by atoms with van der Waals surface area (Å²) in [5, 5.41) is 2.83. The molecular formula is C28H35N3O4. The fourth-order valence-electron chi connectivity index (χ4n) is 4.14. The summed E-state index contributed by atoms with van der Waals surface area (Å²) >= 11 is 0. The lowest BCUT2D eigenvalue weighted by Crippen LogP contribution is -2.48. The van der Waals surface area contributed by atoms with Crippen LogP contribution >= 0.6 is 0 Å². The zero-order valence-electron chi connectivity index (χ0n) is 21.0. The predicted molar refractivity (Wildman–Crippen MR) is 137 cm³/mol. The molecule has 2 aromatic carbocycles. The van der Waals surface area contributed by atoms with E-state index in [0.29, 0.717) is 18.7 Å². The summed E-state index contributed by atoms with van der Waals surface area (Å²) in [4.78, 5) is 45.3. The highest BCUT2D eigenvalue weighted by atomic mass is 16.5. The van der Waals surface area contributed by atoms with Gasteiger partial charge in [-0.25, -0.2) is 4.99 Å². The second kappa shape index (κ2) is 12.3. The van der Waals surface area contributed by atoms with E-state index in [1.54, 1.807) is 7.05 Å². The quantitative estimate of drug-likeness (QED) is 0.407. The van der Waals surface area contributed by atoms with Crippen LogP contribution in [0.1, 0.15) is 57.6 Å². The second-order valence-corrected chi connectivity index (χ2v) is 9.27. The van der Waals surface area contributed by atoms with Crippen molar-refractivity contribution in [3.8, 4) is 0 Å². The van der Waals surface area contributed by atoms with Crippen molar-refractivity contribution in [3.63, 3.8) is 0 Å². The molecule has 1 heterocycles. The number of benzodiazepines with no additional fused rings is 1. The fraction of sp³-hybridized carbons (Fsp3) is 0.429. The maximum absolute atomic E-state index is 13.4. The van der Waals surface area contributed by atoms with Crippen LogP contribution < -0.4 is 10.2 Å². The van der Waals surface area contributed by atoms with Crippen molar-refractivity contribution in [2.24, 2.45) is 16.8 Å². The van der Waals surface area contributed by atoms with Crippen LogP contribution in [-0.4, -0.2) is 43.3 Å². The van der Waals surface area contributed by atoms with Crippen LogP contribution in [0.4, 0.5) is 5.69 Å². The van der Waals surface area contributed by atoms with Crippen molar-refractivity contribution in [2.45, 2.75) is 52.6 Å². The van der Waals surface area contributed by atoms with Gasteiger partial charge in [0.05, 0.1) is 24.4 Å². The van der Waals surface area contributed by atoms with Gasteiger partial charge in [-0.2, -0.15) is 0 Å². The van der Waals surface area contributed by atoms with E-state index in [0.717, 1.165) is 29.7 Å². The zero-order chi connectivity index (χ0) is 25.4. The average Bonchev–Trinajstić information content (AvgIpc) is 2.95. The summed E-state index contributed by atoms with van der Waals surface area (Å²) in [6, 6.07) is 17.1. The maximum Gasteiger partial charge on any atom is 0.306 e. The first-order valence-electron chi connectivity index (χ1n) is 12.3. The van der Waals surface area contributed by atoms with Crippen LogP contribution in [0.15, 0.2) is 59.6 Å². The largest absolute Gasteiger partial charge is 0.466 e. The molecule has 186 valence electrons. The fourth-order valence-corrected chi connectivity index (χ4v) is 4.14. The van der Waals surface area contributed by atoms with E-state index in [2.05, 4.69) is 5.32 Å². The molecular weight excluding hydrogens is 442 g/mol. The lowest BCUT2D eigenvalue weighted by atomic mass is 9.93. The molecule has 1 N–H and O–H groups in total. The van der Waals surface area contributed by atoms with Crippen LogP contribution in [0, 0.1) is 11.8 Å². The smallest absolute Gasteiger partial charge is 0.306 e. The number of esters is 1. The van der Waals surface area contributed by atoms with Gasteiger partial charge in [0.2, 0.25) is 12.1 Å². The lowest BCUT2D eigenvalue weighted by Gasteiger charge is -2.23. The first-order chi connectivity index (χ1) is 16.8. The highest BCUT2D eigenvalue weighted by Gasteiger charge is 2.33. The molecule has 35 heavy (non-hydrogen) atoms. The number of anilines is 1. The Balaban J connectivity index is 1.89. The second-order valence-electron chi connectivity index (χ2n) is 9.27. The molecule has 0 aliphatic carbocycles. The SMILES string of the molecule is CCCCOC(=O)CC(CC(C)C)C(=O)NC1N=C(c2ccccc2)c2ccccc2N(C)C1=O. The highest BCUT2D eigenvalue weighted by Crippen LogP contribution is 2.27. The number of aliphatic imine (C=N–C) groups is 1. The molecule has 1 aliphatic rings. The molecule has 0 aromatic heterocycles. The number of benzene rings is 2. The minimum atomic E-state index is -1.11. The van der Waals surface area contributed by atoms with Gasteiger partial charge >= 0.3 is 5.97 Å². The van der Waals surface area contributed by atoms with Crippen molar-refractivity contribution < 1.29 is 19.1 Å². The number of amides is 2. The first kappa shape index (κ1) is 26.1. The Morgan fingerprint density at radius 1 is 1.09 bits per heavy atom. The van der Waals surface area contributed by atoms with Gasteiger partial charge in [-0.3, -0.25) is 14.4 Å². The molecule has 0 radical (unpaired) electrons. The number of likely N-dealkylation sites (N-methyl/N-ethyl adjacent to an activating group) is 1. The molecule has 1 aliphatic heterocycles. The molecule has 2 amide bonds. The van der Waals surface area contributed by atoms with Crippen LogP contribution in [0.25, 0.3) is 0 Å². The standard InChI is InChI=1S/C28H35N3O4/c1-5-6-16-35-24(32)18-21(17-19(2)3)27(33)30-26-28(34)31(4)23-15-11-10-14-22(23)25(29-26)20-12-8-7-9-13-20/h7-15,19,21,26H,5-6,16-18H2,1-4H3,(H,30,33). The van der Waals surface area contributed by atoms with Crippen molar-refractivity contribution in [2.75, 3.05) is 18.6 Å². The lowest BCUT2D eigenvalue weighted by molar-refractivity contribution is -0.147. The third-order valence-electron chi connectivity index (χ3n) is 5.97. The summed E-state index contributed by atoms with van der Waals surface area (Å²) in [5.41, 5.74) is 3.00. The number of carbonyl (C=O) groups is 3. The number of fused-ring (bicyclic) bond motifs is 1. The molecule has 0 fully saturated rings.